The molecule has 0 unspecified atom stereocenters. The molecule has 8 heteroatoms. The number of piperidine rings is 2. The number of aryl methyl sites for hydroxylation is 1. The molecule has 0 radical (unpaired) electrons. The average molecular weight is 454 g/mol. The average Bonchev–Trinajstić information content (AvgIpc) is 2.81. The molecule has 1 aromatic heterocycles. The summed E-state index contributed by atoms with van der Waals surface area (Å²) in [5.74, 6) is 0.979. The van der Waals surface area contributed by atoms with Crippen molar-refractivity contribution in [2.75, 3.05) is 42.5 Å². The third-order valence-corrected chi connectivity index (χ3v) is 6.68. The molecule has 1 N–H and O–H groups in total. The second-order valence-corrected chi connectivity index (χ2v) is 9.04. The molecule has 3 aliphatic rings. The minimum Gasteiger partial charge on any atom is -0.357 e. The molecule has 0 saturated carbocycles. The lowest BCUT2D eigenvalue weighted by Gasteiger charge is -2.33. The van der Waals surface area contributed by atoms with Crippen LogP contribution < -0.4 is 15.1 Å². The van der Waals surface area contributed by atoms with E-state index >= 15 is 0 Å². The number of pyridine rings is 1. The van der Waals surface area contributed by atoms with Crippen molar-refractivity contribution in [2.24, 2.45) is 0 Å². The van der Waals surface area contributed by atoms with Crippen LogP contribution in [-0.4, -0.2) is 59.5 Å². The first kappa shape index (κ1) is 22.5. The molecule has 3 aliphatic heterocycles. The number of anilines is 2. The number of hydrogen-bond donors (Lipinski definition) is 1. The topological polar surface area (TPSA) is 68.8 Å². The van der Waals surface area contributed by atoms with Crippen molar-refractivity contribution < 1.29 is 9.59 Å². The Balaban J connectivity index is 1.78. The standard InChI is InChI=1S/C24H31N5O2S/c1-3-10-29-23(31)19(22(30)26-24(29)32)16-18-17(2)15-20(27-11-6-4-7-12-27)25-21(18)28-13-8-5-9-14-28/h3,15-16H,1,4-14H2,2H3,(H,26,30,32)/b19-16+. The minimum absolute atomic E-state index is 0.0781. The fraction of sp³-hybridized carbons (Fsp3) is 0.500. The summed E-state index contributed by atoms with van der Waals surface area (Å²) in [7, 11) is 0. The number of carbonyl (C=O) groups is 2. The number of aromatic nitrogens is 1. The maximum absolute atomic E-state index is 13.1. The Hall–Kier alpha value is -2.74. The van der Waals surface area contributed by atoms with Crippen LogP contribution in [0.1, 0.15) is 49.7 Å². The third-order valence-electron chi connectivity index (χ3n) is 6.35. The molecule has 0 aliphatic carbocycles. The van der Waals surface area contributed by atoms with Crippen LogP contribution in [-0.2, 0) is 9.59 Å². The van der Waals surface area contributed by atoms with Crippen LogP contribution in [0.2, 0.25) is 0 Å². The van der Waals surface area contributed by atoms with Crippen LogP contribution >= 0.6 is 12.2 Å². The van der Waals surface area contributed by atoms with E-state index in [4.69, 9.17) is 17.2 Å². The molecule has 170 valence electrons. The lowest BCUT2D eigenvalue weighted by molar-refractivity contribution is -0.128. The highest BCUT2D eigenvalue weighted by Crippen LogP contribution is 2.32. The quantitative estimate of drug-likeness (QED) is 0.320. The van der Waals surface area contributed by atoms with Crippen molar-refractivity contribution in [2.45, 2.75) is 45.4 Å². The Morgan fingerprint density at radius 1 is 1.06 bits per heavy atom. The highest BCUT2D eigenvalue weighted by molar-refractivity contribution is 7.80. The van der Waals surface area contributed by atoms with Gasteiger partial charge in [0.25, 0.3) is 11.8 Å². The van der Waals surface area contributed by atoms with Gasteiger partial charge in [0.1, 0.15) is 17.2 Å². The Bertz CT molecular complexity index is 961. The number of thiocarbonyl (C=S) groups is 1. The summed E-state index contributed by atoms with van der Waals surface area (Å²) in [6.45, 7) is 9.86. The maximum Gasteiger partial charge on any atom is 0.265 e. The highest BCUT2D eigenvalue weighted by Gasteiger charge is 2.33. The van der Waals surface area contributed by atoms with E-state index in [0.717, 1.165) is 61.8 Å². The normalized spacial score (nSPS) is 21.2. The van der Waals surface area contributed by atoms with Gasteiger partial charge < -0.3 is 9.80 Å². The van der Waals surface area contributed by atoms with E-state index in [9.17, 15) is 9.59 Å². The van der Waals surface area contributed by atoms with Crippen molar-refractivity contribution in [3.05, 3.63) is 35.4 Å². The fourth-order valence-corrected chi connectivity index (χ4v) is 4.84. The molecule has 4 heterocycles. The van der Waals surface area contributed by atoms with E-state index in [1.807, 2.05) is 6.92 Å². The van der Waals surface area contributed by atoms with Gasteiger partial charge in [-0.2, -0.15) is 0 Å². The summed E-state index contributed by atoms with van der Waals surface area (Å²) in [6, 6.07) is 2.09. The van der Waals surface area contributed by atoms with E-state index in [-0.39, 0.29) is 17.2 Å². The van der Waals surface area contributed by atoms with Crippen LogP contribution in [0.5, 0.6) is 0 Å². The lowest BCUT2D eigenvalue weighted by Crippen LogP contribution is -2.53. The third kappa shape index (κ3) is 4.55. The van der Waals surface area contributed by atoms with Gasteiger partial charge in [-0.3, -0.25) is 19.8 Å². The van der Waals surface area contributed by atoms with Crippen molar-refractivity contribution in [3.8, 4) is 0 Å². The Labute approximate surface area is 195 Å². The molecule has 0 aromatic carbocycles. The van der Waals surface area contributed by atoms with Gasteiger partial charge in [0, 0.05) is 38.3 Å². The Kier molecular flexibility index (Phi) is 6.89. The lowest BCUT2D eigenvalue weighted by atomic mass is 10.0. The molecule has 7 nitrogen and oxygen atoms in total. The first-order valence-electron chi connectivity index (χ1n) is 11.5. The molecule has 4 rings (SSSR count). The van der Waals surface area contributed by atoms with Gasteiger partial charge in [0.15, 0.2) is 5.11 Å². The zero-order chi connectivity index (χ0) is 22.7. The Morgan fingerprint density at radius 2 is 1.69 bits per heavy atom. The van der Waals surface area contributed by atoms with E-state index in [0.29, 0.717) is 0 Å². The summed E-state index contributed by atoms with van der Waals surface area (Å²) in [6.07, 6.45) is 10.4. The molecular weight excluding hydrogens is 422 g/mol. The number of nitrogens with zero attached hydrogens (tertiary/aromatic N) is 4. The van der Waals surface area contributed by atoms with Gasteiger partial charge >= 0.3 is 0 Å². The molecule has 0 bridgehead atoms. The predicted octanol–water partition coefficient (Wildman–Crippen LogP) is 3.18. The second kappa shape index (κ2) is 9.81. The van der Waals surface area contributed by atoms with Crippen molar-refractivity contribution in [3.63, 3.8) is 0 Å². The van der Waals surface area contributed by atoms with Gasteiger partial charge in [0.2, 0.25) is 0 Å². The molecule has 0 spiro atoms. The van der Waals surface area contributed by atoms with Gasteiger partial charge in [-0.15, -0.1) is 6.58 Å². The summed E-state index contributed by atoms with van der Waals surface area (Å²) in [5, 5.41) is 2.75. The van der Waals surface area contributed by atoms with Crippen molar-refractivity contribution in [1.82, 2.24) is 15.2 Å². The van der Waals surface area contributed by atoms with Crippen LogP contribution in [0.15, 0.2) is 24.3 Å². The molecule has 3 fully saturated rings. The van der Waals surface area contributed by atoms with Gasteiger partial charge in [0.05, 0.1) is 0 Å². The Morgan fingerprint density at radius 3 is 2.31 bits per heavy atom. The largest absolute Gasteiger partial charge is 0.357 e. The van der Waals surface area contributed by atoms with Crippen LogP contribution in [0, 0.1) is 6.92 Å². The zero-order valence-electron chi connectivity index (χ0n) is 18.7. The fourth-order valence-electron chi connectivity index (χ4n) is 4.59. The minimum atomic E-state index is -0.468. The number of amides is 2. The first-order valence-corrected chi connectivity index (χ1v) is 11.9. The van der Waals surface area contributed by atoms with Crippen molar-refractivity contribution >= 4 is 46.9 Å². The summed E-state index contributed by atoms with van der Waals surface area (Å²) < 4.78 is 0. The molecule has 2 amide bonds. The first-order chi connectivity index (χ1) is 15.5. The summed E-state index contributed by atoms with van der Waals surface area (Å²) in [5.41, 5.74) is 1.92. The predicted molar refractivity (Wildman–Crippen MR) is 132 cm³/mol. The molecule has 1 aromatic rings. The number of carbonyl (C=O) groups excluding carboxylic acids is 2. The molecule has 32 heavy (non-hydrogen) atoms. The van der Waals surface area contributed by atoms with Crippen molar-refractivity contribution in [1.29, 1.82) is 0 Å². The molecular formula is C24H31N5O2S. The van der Waals surface area contributed by atoms with Gasteiger partial charge in [-0.05, 0) is 75.4 Å². The van der Waals surface area contributed by atoms with Gasteiger partial charge in [-0.1, -0.05) is 6.08 Å². The number of nitrogens with one attached hydrogen (secondary N) is 1. The highest BCUT2D eigenvalue weighted by atomic mass is 32.1. The number of rotatable bonds is 5. The SMILES string of the molecule is C=CCN1C(=O)/C(=C/c2c(C)cc(N3CCCCC3)nc2N2CCCCC2)C(=O)NC1=S. The van der Waals surface area contributed by atoms with Crippen LogP contribution in [0.25, 0.3) is 6.08 Å². The van der Waals surface area contributed by atoms with E-state index in [1.54, 1.807) is 12.2 Å². The van der Waals surface area contributed by atoms with E-state index in [2.05, 4.69) is 27.8 Å². The summed E-state index contributed by atoms with van der Waals surface area (Å²) in [4.78, 5) is 36.9. The van der Waals surface area contributed by atoms with Gasteiger partial charge in [-0.25, -0.2) is 4.98 Å². The summed E-state index contributed by atoms with van der Waals surface area (Å²) >= 11 is 5.18. The monoisotopic (exact) mass is 453 g/mol. The maximum atomic E-state index is 13.1. The molecule has 0 atom stereocenters. The number of hydrogen-bond acceptors (Lipinski definition) is 6. The molecule has 3 saturated heterocycles. The van der Waals surface area contributed by atoms with E-state index < -0.39 is 11.8 Å². The van der Waals surface area contributed by atoms with E-state index in [1.165, 1.54) is 30.6 Å². The zero-order valence-corrected chi connectivity index (χ0v) is 19.5. The van der Waals surface area contributed by atoms with Crippen LogP contribution in [0.3, 0.4) is 0 Å². The van der Waals surface area contributed by atoms with Crippen LogP contribution in [0.4, 0.5) is 11.6 Å². The second-order valence-electron chi connectivity index (χ2n) is 8.65. The smallest absolute Gasteiger partial charge is 0.265 e.